The minimum absolute atomic E-state index is 0.0778. The fraction of sp³-hybridized carbons (Fsp3) is 0.500. The van der Waals surface area contributed by atoms with Crippen molar-refractivity contribution in [2.75, 3.05) is 6.54 Å². The minimum Gasteiger partial charge on any atom is -0.508 e. The highest BCUT2D eigenvalue weighted by molar-refractivity contribution is 6.31. The summed E-state index contributed by atoms with van der Waals surface area (Å²) in [4.78, 5) is 0. The summed E-state index contributed by atoms with van der Waals surface area (Å²) >= 11 is 6.09. The van der Waals surface area contributed by atoms with E-state index in [-0.39, 0.29) is 11.7 Å². The number of benzene rings is 1. The lowest BCUT2D eigenvalue weighted by Gasteiger charge is -2.15. The van der Waals surface area contributed by atoms with Gasteiger partial charge in [0.1, 0.15) is 5.75 Å². The highest BCUT2D eigenvalue weighted by atomic mass is 35.5. The molecule has 0 aliphatic rings. The molecule has 16 heavy (non-hydrogen) atoms. The SMILES string of the molecule is CC(C)c1cc(O)c(C(O)CCN)cc1Cl. The molecule has 0 radical (unpaired) electrons. The first-order valence-electron chi connectivity index (χ1n) is 5.37. The maximum atomic E-state index is 9.80. The van der Waals surface area contributed by atoms with Gasteiger partial charge in [0.2, 0.25) is 0 Å². The van der Waals surface area contributed by atoms with Crippen molar-refractivity contribution in [3.8, 4) is 5.75 Å². The van der Waals surface area contributed by atoms with Gasteiger partial charge in [0, 0.05) is 10.6 Å². The van der Waals surface area contributed by atoms with Crippen LogP contribution in [0.1, 0.15) is 43.4 Å². The van der Waals surface area contributed by atoms with Crippen molar-refractivity contribution < 1.29 is 10.2 Å². The second-order valence-corrected chi connectivity index (χ2v) is 4.59. The molecule has 0 saturated heterocycles. The molecule has 1 unspecified atom stereocenters. The van der Waals surface area contributed by atoms with E-state index in [4.69, 9.17) is 17.3 Å². The smallest absolute Gasteiger partial charge is 0.121 e. The number of phenolic OH excluding ortho intramolecular Hbond substituents is 1. The Balaban J connectivity index is 3.10. The van der Waals surface area contributed by atoms with Crippen LogP contribution < -0.4 is 5.73 Å². The van der Waals surface area contributed by atoms with E-state index in [9.17, 15) is 10.2 Å². The van der Waals surface area contributed by atoms with Crippen molar-refractivity contribution in [1.82, 2.24) is 0 Å². The summed E-state index contributed by atoms with van der Waals surface area (Å²) in [5, 5.41) is 20.1. The van der Waals surface area contributed by atoms with Crippen LogP contribution in [0.5, 0.6) is 5.75 Å². The van der Waals surface area contributed by atoms with Crippen molar-refractivity contribution in [3.05, 3.63) is 28.3 Å². The number of hydrogen-bond acceptors (Lipinski definition) is 3. The van der Waals surface area contributed by atoms with E-state index in [1.165, 1.54) is 0 Å². The Bertz CT molecular complexity index is 366. The van der Waals surface area contributed by atoms with Crippen LogP contribution in [0.4, 0.5) is 0 Å². The molecule has 0 heterocycles. The number of phenols is 1. The normalized spacial score (nSPS) is 13.1. The number of halogens is 1. The molecule has 0 saturated carbocycles. The third kappa shape index (κ3) is 2.88. The van der Waals surface area contributed by atoms with Crippen molar-refractivity contribution in [3.63, 3.8) is 0 Å². The van der Waals surface area contributed by atoms with Crippen LogP contribution in [0.3, 0.4) is 0 Å². The minimum atomic E-state index is -0.760. The van der Waals surface area contributed by atoms with Crippen molar-refractivity contribution in [2.45, 2.75) is 32.3 Å². The van der Waals surface area contributed by atoms with Crippen LogP contribution in [-0.2, 0) is 0 Å². The van der Waals surface area contributed by atoms with Crippen LogP contribution in [0.25, 0.3) is 0 Å². The summed E-state index contributed by atoms with van der Waals surface area (Å²) in [5.41, 5.74) is 6.68. The van der Waals surface area contributed by atoms with Gasteiger partial charge in [-0.1, -0.05) is 25.4 Å². The topological polar surface area (TPSA) is 66.5 Å². The van der Waals surface area contributed by atoms with E-state index >= 15 is 0 Å². The molecular formula is C12H18ClNO2. The average molecular weight is 244 g/mol. The zero-order valence-corrected chi connectivity index (χ0v) is 10.3. The number of aliphatic hydroxyl groups excluding tert-OH is 1. The molecule has 0 spiro atoms. The van der Waals surface area contributed by atoms with E-state index < -0.39 is 6.10 Å². The van der Waals surface area contributed by atoms with E-state index in [0.29, 0.717) is 23.6 Å². The van der Waals surface area contributed by atoms with Crippen molar-refractivity contribution >= 4 is 11.6 Å². The Morgan fingerprint density at radius 1 is 1.31 bits per heavy atom. The van der Waals surface area contributed by atoms with Gasteiger partial charge < -0.3 is 15.9 Å². The maximum absolute atomic E-state index is 9.80. The predicted molar refractivity (Wildman–Crippen MR) is 65.8 cm³/mol. The molecule has 0 fully saturated rings. The molecule has 0 bridgehead atoms. The largest absolute Gasteiger partial charge is 0.508 e. The van der Waals surface area contributed by atoms with Crippen LogP contribution in [-0.4, -0.2) is 16.8 Å². The van der Waals surface area contributed by atoms with Crippen LogP contribution in [0.15, 0.2) is 12.1 Å². The first kappa shape index (κ1) is 13.3. The van der Waals surface area contributed by atoms with Gasteiger partial charge in [0.05, 0.1) is 6.10 Å². The molecule has 0 aliphatic carbocycles. The average Bonchev–Trinajstić information content (AvgIpc) is 2.20. The third-order valence-corrected chi connectivity index (χ3v) is 2.89. The van der Waals surface area contributed by atoms with Crippen LogP contribution in [0, 0.1) is 0 Å². The maximum Gasteiger partial charge on any atom is 0.121 e. The summed E-state index contributed by atoms with van der Waals surface area (Å²) in [6.07, 6.45) is -0.353. The fourth-order valence-electron chi connectivity index (χ4n) is 1.62. The van der Waals surface area contributed by atoms with Gasteiger partial charge in [-0.05, 0) is 36.6 Å². The number of aromatic hydroxyl groups is 1. The Morgan fingerprint density at radius 2 is 1.94 bits per heavy atom. The molecule has 4 heteroatoms. The number of hydrogen-bond donors (Lipinski definition) is 3. The van der Waals surface area contributed by atoms with Gasteiger partial charge in [-0.3, -0.25) is 0 Å². The van der Waals surface area contributed by atoms with Crippen molar-refractivity contribution in [1.29, 1.82) is 0 Å². The van der Waals surface area contributed by atoms with E-state index in [2.05, 4.69) is 0 Å². The number of rotatable bonds is 4. The number of aliphatic hydroxyl groups is 1. The van der Waals surface area contributed by atoms with Crippen LogP contribution in [0.2, 0.25) is 5.02 Å². The van der Waals surface area contributed by atoms with Gasteiger partial charge >= 0.3 is 0 Å². The summed E-state index contributed by atoms with van der Waals surface area (Å²) in [5.74, 6) is 0.313. The lowest BCUT2D eigenvalue weighted by Crippen LogP contribution is -2.07. The molecule has 4 N–H and O–H groups in total. The highest BCUT2D eigenvalue weighted by Crippen LogP contribution is 2.34. The van der Waals surface area contributed by atoms with E-state index in [1.54, 1.807) is 12.1 Å². The molecule has 0 amide bonds. The van der Waals surface area contributed by atoms with Gasteiger partial charge in [0.25, 0.3) is 0 Å². The quantitative estimate of drug-likeness (QED) is 0.761. The lowest BCUT2D eigenvalue weighted by molar-refractivity contribution is 0.166. The summed E-state index contributed by atoms with van der Waals surface area (Å²) in [6, 6.07) is 3.23. The lowest BCUT2D eigenvalue weighted by atomic mass is 9.98. The molecule has 1 rings (SSSR count). The van der Waals surface area contributed by atoms with E-state index in [0.717, 1.165) is 5.56 Å². The zero-order chi connectivity index (χ0) is 12.3. The van der Waals surface area contributed by atoms with Gasteiger partial charge in [-0.15, -0.1) is 0 Å². The van der Waals surface area contributed by atoms with Gasteiger partial charge in [0.15, 0.2) is 0 Å². The Labute approximate surface area is 101 Å². The fourth-order valence-corrected chi connectivity index (χ4v) is 2.01. The monoisotopic (exact) mass is 243 g/mol. The Hall–Kier alpha value is -0.770. The van der Waals surface area contributed by atoms with Crippen molar-refractivity contribution in [2.24, 2.45) is 5.73 Å². The Kier molecular flexibility index (Phi) is 4.59. The first-order chi connectivity index (χ1) is 7.47. The van der Waals surface area contributed by atoms with Gasteiger partial charge in [-0.25, -0.2) is 0 Å². The van der Waals surface area contributed by atoms with E-state index in [1.807, 2.05) is 13.8 Å². The molecule has 90 valence electrons. The predicted octanol–water partition coefficient (Wildman–Crippen LogP) is 2.55. The van der Waals surface area contributed by atoms with Gasteiger partial charge in [-0.2, -0.15) is 0 Å². The zero-order valence-electron chi connectivity index (χ0n) is 9.57. The Morgan fingerprint density at radius 3 is 2.44 bits per heavy atom. The highest BCUT2D eigenvalue weighted by Gasteiger charge is 2.15. The molecule has 1 aromatic carbocycles. The second-order valence-electron chi connectivity index (χ2n) is 4.18. The molecule has 0 aliphatic heterocycles. The third-order valence-electron chi connectivity index (χ3n) is 2.57. The molecule has 3 nitrogen and oxygen atoms in total. The molecule has 1 atom stereocenters. The summed E-state index contributed by atoms with van der Waals surface area (Å²) < 4.78 is 0. The molecule has 0 aromatic heterocycles. The molecule has 1 aromatic rings. The second kappa shape index (κ2) is 5.53. The number of nitrogens with two attached hydrogens (primary N) is 1. The summed E-state index contributed by atoms with van der Waals surface area (Å²) in [7, 11) is 0. The van der Waals surface area contributed by atoms with Crippen LogP contribution >= 0.6 is 11.6 Å². The first-order valence-corrected chi connectivity index (χ1v) is 5.75. The molecular weight excluding hydrogens is 226 g/mol. The standard InChI is InChI=1S/C12H18ClNO2/c1-7(2)8-6-12(16)9(5-10(8)13)11(15)3-4-14/h5-7,11,15-16H,3-4,14H2,1-2H3. The summed E-state index contributed by atoms with van der Waals surface area (Å²) in [6.45, 7) is 4.36.